The Kier molecular flexibility index (Phi) is 4.90. The Bertz CT molecular complexity index is 547. The Morgan fingerprint density at radius 1 is 1.04 bits per heavy atom. The summed E-state index contributed by atoms with van der Waals surface area (Å²) in [5.74, 6) is 0.993. The third kappa shape index (κ3) is 4.47. The summed E-state index contributed by atoms with van der Waals surface area (Å²) in [6.07, 6.45) is 0. The first kappa shape index (κ1) is 18.7. The van der Waals surface area contributed by atoms with Crippen LogP contribution in [0.15, 0.2) is 12.1 Å². The summed E-state index contributed by atoms with van der Waals surface area (Å²) in [6.45, 7) is 20.5. The minimum Gasteiger partial charge on any atom is -0.435 e. The topological polar surface area (TPSA) is 30.5 Å². The van der Waals surface area contributed by atoms with Crippen molar-refractivity contribution in [3.05, 3.63) is 28.8 Å². The number of hydrogen-bond donors (Lipinski definition) is 1. The molecule has 0 radical (unpaired) electrons. The summed E-state index contributed by atoms with van der Waals surface area (Å²) < 4.78 is 12.3. The van der Waals surface area contributed by atoms with E-state index in [4.69, 9.17) is 9.05 Å². The molecule has 130 valence electrons. The zero-order chi connectivity index (χ0) is 17.6. The van der Waals surface area contributed by atoms with E-state index < -0.39 is 8.53 Å². The van der Waals surface area contributed by atoms with Gasteiger partial charge < -0.3 is 9.05 Å². The number of hydrogen-bond acceptors (Lipinski definition) is 3. The average molecular weight is 337 g/mol. The van der Waals surface area contributed by atoms with Crippen LogP contribution in [0.1, 0.15) is 72.1 Å². The first-order valence-electron chi connectivity index (χ1n) is 8.34. The Balaban J connectivity index is 2.50. The lowest BCUT2D eigenvalue weighted by Crippen LogP contribution is -2.33. The predicted octanol–water partition coefficient (Wildman–Crippen LogP) is 5.59. The van der Waals surface area contributed by atoms with Gasteiger partial charge in [0.25, 0.3) is 0 Å². The van der Waals surface area contributed by atoms with Gasteiger partial charge in [0, 0.05) is 16.7 Å². The van der Waals surface area contributed by atoms with Crippen LogP contribution in [-0.2, 0) is 15.4 Å². The molecule has 1 aliphatic rings. The molecule has 1 unspecified atom stereocenters. The van der Waals surface area contributed by atoms with Gasteiger partial charge in [-0.05, 0) is 31.6 Å². The van der Waals surface area contributed by atoms with Crippen molar-refractivity contribution in [2.24, 2.45) is 0 Å². The van der Waals surface area contributed by atoms with E-state index in [-0.39, 0.29) is 16.4 Å². The van der Waals surface area contributed by atoms with Crippen molar-refractivity contribution in [2.75, 3.05) is 6.61 Å². The van der Waals surface area contributed by atoms with Gasteiger partial charge in [-0.25, -0.2) is 5.09 Å². The molecule has 1 heterocycles. The molecule has 23 heavy (non-hydrogen) atoms. The maximum Gasteiger partial charge on any atom is 0.318 e. The van der Waals surface area contributed by atoms with E-state index in [1.165, 1.54) is 16.7 Å². The maximum absolute atomic E-state index is 6.41. The summed E-state index contributed by atoms with van der Waals surface area (Å²) in [5.41, 5.74) is 3.79. The lowest BCUT2D eigenvalue weighted by molar-refractivity contribution is 0.294. The SMILES string of the molecule is Cc1cc(C(C)(C)C)c(OP2NC(C)(C)CO2)c(C(C)(C)C)c1. The van der Waals surface area contributed by atoms with Crippen molar-refractivity contribution in [2.45, 2.75) is 78.7 Å². The third-order valence-electron chi connectivity index (χ3n) is 3.96. The van der Waals surface area contributed by atoms with Crippen molar-refractivity contribution in [1.29, 1.82) is 0 Å². The van der Waals surface area contributed by atoms with Gasteiger partial charge in [-0.3, -0.25) is 0 Å². The third-order valence-corrected chi connectivity index (χ3v) is 5.46. The molecule has 1 aromatic carbocycles. The predicted molar refractivity (Wildman–Crippen MR) is 99.3 cm³/mol. The monoisotopic (exact) mass is 337 g/mol. The average Bonchev–Trinajstić information content (AvgIpc) is 2.68. The standard InChI is InChI=1S/C19H32NO2P/c1-13-10-14(17(2,3)4)16(15(11-13)18(5,6)7)22-23-20-19(8,9)12-21-23/h10-11,20H,12H2,1-9H3. The molecule has 1 N–H and O–H groups in total. The van der Waals surface area contributed by atoms with Gasteiger partial charge in [0.2, 0.25) is 0 Å². The zero-order valence-corrected chi connectivity index (χ0v) is 17.0. The molecule has 4 heteroatoms. The van der Waals surface area contributed by atoms with E-state index in [2.05, 4.69) is 79.5 Å². The Morgan fingerprint density at radius 2 is 1.52 bits per heavy atom. The highest BCUT2D eigenvalue weighted by molar-refractivity contribution is 7.45. The second-order valence-corrected chi connectivity index (χ2v) is 10.5. The van der Waals surface area contributed by atoms with Crippen LogP contribution in [0.25, 0.3) is 0 Å². The van der Waals surface area contributed by atoms with Crippen LogP contribution in [-0.4, -0.2) is 12.1 Å². The molecule has 3 nitrogen and oxygen atoms in total. The summed E-state index contributed by atoms with van der Waals surface area (Å²) in [4.78, 5) is 0. The van der Waals surface area contributed by atoms with E-state index in [9.17, 15) is 0 Å². The lowest BCUT2D eigenvalue weighted by atomic mass is 9.78. The number of nitrogens with one attached hydrogen (secondary N) is 1. The van der Waals surface area contributed by atoms with E-state index in [0.29, 0.717) is 6.61 Å². The van der Waals surface area contributed by atoms with Crippen molar-refractivity contribution in [1.82, 2.24) is 5.09 Å². The molecule has 0 bridgehead atoms. The Hall–Kier alpha value is -0.630. The van der Waals surface area contributed by atoms with Crippen LogP contribution in [0.5, 0.6) is 5.75 Å². The van der Waals surface area contributed by atoms with Crippen LogP contribution in [0, 0.1) is 6.92 Å². The van der Waals surface area contributed by atoms with Crippen LogP contribution in [0.3, 0.4) is 0 Å². The highest BCUT2D eigenvalue weighted by atomic mass is 31.2. The molecule has 0 spiro atoms. The van der Waals surface area contributed by atoms with Crippen LogP contribution in [0.2, 0.25) is 0 Å². The molecule has 0 aliphatic carbocycles. The molecular weight excluding hydrogens is 305 g/mol. The normalized spacial score (nSPS) is 21.5. The molecule has 0 amide bonds. The summed E-state index contributed by atoms with van der Waals surface area (Å²) >= 11 is 0. The van der Waals surface area contributed by atoms with Gasteiger partial charge in [0.15, 0.2) is 0 Å². The number of benzene rings is 1. The lowest BCUT2D eigenvalue weighted by Gasteiger charge is -2.31. The van der Waals surface area contributed by atoms with Gasteiger partial charge in [-0.15, -0.1) is 0 Å². The van der Waals surface area contributed by atoms with E-state index >= 15 is 0 Å². The fourth-order valence-corrected chi connectivity index (χ4v) is 4.17. The second kappa shape index (κ2) is 6.02. The summed E-state index contributed by atoms with van der Waals surface area (Å²) in [7, 11) is -1.10. The maximum atomic E-state index is 6.41. The minimum absolute atomic E-state index is 0.0198. The first-order valence-corrected chi connectivity index (χ1v) is 9.52. The largest absolute Gasteiger partial charge is 0.435 e. The van der Waals surface area contributed by atoms with Gasteiger partial charge in [-0.2, -0.15) is 0 Å². The molecule has 1 aromatic rings. The van der Waals surface area contributed by atoms with Crippen molar-refractivity contribution in [3.8, 4) is 5.75 Å². The van der Waals surface area contributed by atoms with Gasteiger partial charge >= 0.3 is 8.53 Å². The second-order valence-electron chi connectivity index (χ2n) is 9.31. The van der Waals surface area contributed by atoms with Crippen LogP contribution in [0.4, 0.5) is 0 Å². The van der Waals surface area contributed by atoms with Crippen LogP contribution < -0.4 is 9.61 Å². The first-order chi connectivity index (χ1) is 10.3. The van der Waals surface area contributed by atoms with Crippen molar-refractivity contribution < 1.29 is 9.05 Å². The Morgan fingerprint density at radius 3 is 1.87 bits per heavy atom. The number of aryl methyl sites for hydroxylation is 1. The van der Waals surface area contributed by atoms with Gasteiger partial charge in [0.05, 0.1) is 6.61 Å². The van der Waals surface area contributed by atoms with Crippen molar-refractivity contribution >= 4 is 8.53 Å². The minimum atomic E-state index is -1.10. The van der Waals surface area contributed by atoms with E-state index in [0.717, 1.165) is 5.75 Å². The molecule has 1 fully saturated rings. The Labute approximate surface area is 143 Å². The molecule has 0 aromatic heterocycles. The smallest absolute Gasteiger partial charge is 0.318 e. The quantitative estimate of drug-likeness (QED) is 0.713. The fraction of sp³-hybridized carbons (Fsp3) is 0.684. The molecule has 1 aliphatic heterocycles. The summed E-state index contributed by atoms with van der Waals surface area (Å²) in [6, 6.07) is 4.50. The van der Waals surface area contributed by atoms with Gasteiger partial charge in [0.1, 0.15) is 5.75 Å². The molecule has 0 saturated carbocycles. The van der Waals surface area contributed by atoms with Crippen molar-refractivity contribution in [3.63, 3.8) is 0 Å². The van der Waals surface area contributed by atoms with E-state index in [1.807, 2.05) is 0 Å². The fourth-order valence-electron chi connectivity index (χ4n) is 2.65. The van der Waals surface area contributed by atoms with Gasteiger partial charge in [-0.1, -0.05) is 59.2 Å². The highest BCUT2D eigenvalue weighted by Crippen LogP contribution is 2.49. The molecule has 1 atom stereocenters. The summed E-state index contributed by atoms with van der Waals surface area (Å²) in [5, 5.41) is 3.47. The van der Waals surface area contributed by atoms with E-state index in [1.54, 1.807) is 0 Å². The highest BCUT2D eigenvalue weighted by Gasteiger charge is 2.36. The zero-order valence-electron chi connectivity index (χ0n) is 16.1. The molecule has 2 rings (SSSR count). The molecule has 1 saturated heterocycles. The number of rotatable bonds is 2. The van der Waals surface area contributed by atoms with Crippen LogP contribution >= 0.6 is 8.53 Å². The molecular formula is C19H32NO2P.